The molecule has 0 aliphatic heterocycles. The van der Waals surface area contributed by atoms with Crippen molar-refractivity contribution in [2.75, 3.05) is 11.9 Å². The predicted octanol–water partition coefficient (Wildman–Crippen LogP) is 3.75. The quantitative estimate of drug-likeness (QED) is 0.892. The first kappa shape index (κ1) is 12.4. The van der Waals surface area contributed by atoms with Crippen LogP contribution in [0.3, 0.4) is 0 Å². The minimum atomic E-state index is -0.354. The van der Waals surface area contributed by atoms with Gasteiger partial charge in [0, 0.05) is 12.6 Å². The summed E-state index contributed by atoms with van der Waals surface area (Å²) < 4.78 is 19.2. The molecule has 0 amide bonds. The molecule has 0 radical (unpaired) electrons. The Hall–Kier alpha value is -2.10. The summed E-state index contributed by atoms with van der Waals surface area (Å²) in [6.45, 7) is 4.45. The highest BCUT2D eigenvalue weighted by molar-refractivity contribution is 5.39. The molecule has 0 atom stereocenters. The predicted molar refractivity (Wildman–Crippen MR) is 69.6 cm³/mol. The second-order valence-electron chi connectivity index (χ2n) is 3.88. The van der Waals surface area contributed by atoms with Gasteiger partial charge in [0.15, 0.2) is 11.6 Å². The number of nitrogens with one attached hydrogen (secondary N) is 1. The van der Waals surface area contributed by atoms with E-state index in [0.29, 0.717) is 17.3 Å². The largest absolute Gasteiger partial charge is 0.436 e. The number of anilines is 1. The fourth-order valence-electron chi connectivity index (χ4n) is 1.56. The van der Waals surface area contributed by atoms with Crippen molar-refractivity contribution in [3.8, 4) is 11.6 Å². The van der Waals surface area contributed by atoms with E-state index in [-0.39, 0.29) is 11.6 Å². The normalized spacial score (nSPS) is 10.2. The summed E-state index contributed by atoms with van der Waals surface area (Å²) in [6, 6.07) is 10.4. The van der Waals surface area contributed by atoms with E-state index in [0.717, 1.165) is 6.54 Å². The van der Waals surface area contributed by atoms with E-state index >= 15 is 0 Å². The van der Waals surface area contributed by atoms with Gasteiger partial charge in [-0.25, -0.2) is 4.39 Å². The van der Waals surface area contributed by atoms with Crippen LogP contribution in [0.25, 0.3) is 0 Å². The third kappa shape index (κ3) is 2.77. The van der Waals surface area contributed by atoms with Gasteiger partial charge >= 0.3 is 0 Å². The molecule has 0 spiro atoms. The van der Waals surface area contributed by atoms with Crippen LogP contribution in [0.5, 0.6) is 11.6 Å². The Kier molecular flexibility index (Phi) is 3.77. The van der Waals surface area contributed by atoms with Crippen LogP contribution in [0.2, 0.25) is 0 Å². The van der Waals surface area contributed by atoms with Gasteiger partial charge in [0.05, 0.1) is 0 Å². The molecule has 2 rings (SSSR count). The van der Waals surface area contributed by atoms with Gasteiger partial charge in [-0.1, -0.05) is 18.2 Å². The van der Waals surface area contributed by atoms with E-state index in [1.807, 2.05) is 19.1 Å². The minimum Gasteiger partial charge on any atom is -0.436 e. The zero-order valence-corrected chi connectivity index (χ0v) is 10.4. The van der Waals surface area contributed by atoms with E-state index in [1.54, 1.807) is 31.2 Å². The molecule has 3 nitrogen and oxygen atoms in total. The Balaban J connectivity index is 2.23. The van der Waals surface area contributed by atoms with Crippen molar-refractivity contribution in [3.05, 3.63) is 47.8 Å². The monoisotopic (exact) mass is 246 g/mol. The summed E-state index contributed by atoms with van der Waals surface area (Å²) in [7, 11) is 0. The van der Waals surface area contributed by atoms with Crippen molar-refractivity contribution >= 4 is 5.82 Å². The fourth-order valence-corrected chi connectivity index (χ4v) is 1.56. The number of hydrogen-bond acceptors (Lipinski definition) is 3. The average Bonchev–Trinajstić information content (AvgIpc) is 2.36. The second-order valence-corrected chi connectivity index (χ2v) is 3.88. The van der Waals surface area contributed by atoms with Gasteiger partial charge in [-0.15, -0.1) is 0 Å². The molecular weight excluding hydrogens is 231 g/mol. The van der Waals surface area contributed by atoms with Gasteiger partial charge in [0.25, 0.3) is 0 Å². The highest BCUT2D eigenvalue weighted by atomic mass is 19.1. The van der Waals surface area contributed by atoms with Crippen LogP contribution >= 0.6 is 0 Å². The van der Waals surface area contributed by atoms with Crippen LogP contribution < -0.4 is 10.1 Å². The number of ether oxygens (including phenoxy) is 1. The van der Waals surface area contributed by atoms with Gasteiger partial charge < -0.3 is 10.1 Å². The number of aryl methyl sites for hydroxylation is 1. The number of rotatable bonds is 4. The highest BCUT2D eigenvalue weighted by Gasteiger charge is 2.07. The van der Waals surface area contributed by atoms with Crippen LogP contribution in [0.15, 0.2) is 36.4 Å². The number of benzene rings is 1. The van der Waals surface area contributed by atoms with Crippen LogP contribution in [0.1, 0.15) is 12.5 Å². The maximum atomic E-state index is 13.8. The molecule has 94 valence electrons. The van der Waals surface area contributed by atoms with Gasteiger partial charge in [-0.05, 0) is 31.5 Å². The summed E-state index contributed by atoms with van der Waals surface area (Å²) >= 11 is 0. The zero-order chi connectivity index (χ0) is 13.0. The lowest BCUT2D eigenvalue weighted by atomic mass is 10.2. The molecule has 0 saturated heterocycles. The van der Waals surface area contributed by atoms with E-state index in [2.05, 4.69) is 10.3 Å². The molecule has 0 aliphatic carbocycles. The average molecular weight is 246 g/mol. The number of nitrogens with zero attached hydrogens (tertiary/aromatic N) is 1. The molecular formula is C14H15FN2O. The van der Waals surface area contributed by atoms with Crippen LogP contribution in [-0.2, 0) is 0 Å². The molecule has 0 unspecified atom stereocenters. The first-order valence-electron chi connectivity index (χ1n) is 5.84. The van der Waals surface area contributed by atoms with E-state index < -0.39 is 0 Å². The van der Waals surface area contributed by atoms with E-state index in [9.17, 15) is 4.39 Å². The second kappa shape index (κ2) is 5.49. The van der Waals surface area contributed by atoms with Crippen molar-refractivity contribution in [1.29, 1.82) is 0 Å². The van der Waals surface area contributed by atoms with Crippen molar-refractivity contribution in [3.63, 3.8) is 0 Å². The molecule has 0 saturated carbocycles. The minimum absolute atomic E-state index is 0.191. The molecule has 2 aromatic rings. The van der Waals surface area contributed by atoms with Gasteiger partial charge in [0.1, 0.15) is 5.82 Å². The summed E-state index contributed by atoms with van der Waals surface area (Å²) in [5, 5.41) is 3.07. The molecule has 1 heterocycles. The molecule has 0 fully saturated rings. The van der Waals surface area contributed by atoms with E-state index in [4.69, 9.17) is 4.74 Å². The zero-order valence-electron chi connectivity index (χ0n) is 10.4. The van der Waals surface area contributed by atoms with Crippen LogP contribution in [0, 0.1) is 12.7 Å². The van der Waals surface area contributed by atoms with Crippen molar-refractivity contribution in [2.24, 2.45) is 0 Å². The summed E-state index contributed by atoms with van der Waals surface area (Å²) in [6.07, 6.45) is 0. The molecule has 1 aromatic heterocycles. The Bertz CT molecular complexity index is 543. The lowest BCUT2D eigenvalue weighted by Gasteiger charge is -2.08. The van der Waals surface area contributed by atoms with Gasteiger partial charge in [0.2, 0.25) is 5.88 Å². The Labute approximate surface area is 106 Å². The maximum absolute atomic E-state index is 13.8. The van der Waals surface area contributed by atoms with Crippen molar-refractivity contribution in [1.82, 2.24) is 4.98 Å². The lowest BCUT2D eigenvalue weighted by Crippen LogP contribution is -2.00. The Morgan fingerprint density at radius 3 is 2.78 bits per heavy atom. The fraction of sp³-hybridized carbons (Fsp3) is 0.214. The third-order valence-electron chi connectivity index (χ3n) is 2.45. The standard InChI is InChI=1S/C14H15FN2O/c1-3-16-12-8-5-9-13(17-12)18-11-7-4-6-10(2)14(11)15/h4-9H,3H2,1-2H3,(H,16,17). The van der Waals surface area contributed by atoms with Crippen LogP contribution in [-0.4, -0.2) is 11.5 Å². The number of hydrogen-bond donors (Lipinski definition) is 1. The summed E-state index contributed by atoms with van der Waals surface area (Å²) in [5.41, 5.74) is 0.551. The summed E-state index contributed by atoms with van der Waals surface area (Å²) in [4.78, 5) is 4.23. The SMILES string of the molecule is CCNc1cccc(Oc2cccc(C)c2F)n1. The van der Waals surface area contributed by atoms with Gasteiger partial charge in [-0.2, -0.15) is 4.98 Å². The molecule has 18 heavy (non-hydrogen) atoms. The Morgan fingerprint density at radius 2 is 2.00 bits per heavy atom. The van der Waals surface area contributed by atoms with Crippen molar-refractivity contribution in [2.45, 2.75) is 13.8 Å². The number of aromatic nitrogens is 1. The molecule has 1 N–H and O–H groups in total. The highest BCUT2D eigenvalue weighted by Crippen LogP contribution is 2.25. The molecule has 1 aromatic carbocycles. The van der Waals surface area contributed by atoms with E-state index in [1.165, 1.54) is 0 Å². The molecule has 4 heteroatoms. The topological polar surface area (TPSA) is 34.1 Å². The van der Waals surface area contributed by atoms with Crippen LogP contribution in [0.4, 0.5) is 10.2 Å². The summed E-state index contributed by atoms with van der Waals surface area (Å²) in [5.74, 6) is 0.922. The third-order valence-corrected chi connectivity index (χ3v) is 2.45. The number of pyridine rings is 1. The Morgan fingerprint density at radius 1 is 1.22 bits per heavy atom. The molecule has 0 bridgehead atoms. The maximum Gasteiger partial charge on any atom is 0.221 e. The first-order valence-corrected chi connectivity index (χ1v) is 5.84. The van der Waals surface area contributed by atoms with Gasteiger partial charge in [-0.3, -0.25) is 0 Å². The smallest absolute Gasteiger partial charge is 0.221 e. The number of halogens is 1. The van der Waals surface area contributed by atoms with Crippen molar-refractivity contribution < 1.29 is 9.13 Å². The molecule has 0 aliphatic rings. The lowest BCUT2D eigenvalue weighted by molar-refractivity contribution is 0.426. The first-order chi connectivity index (χ1) is 8.70.